The molecule has 1 atom stereocenters. The molecule has 2 aromatic heterocycles. The van der Waals surface area contributed by atoms with E-state index in [0.717, 1.165) is 29.7 Å². The van der Waals surface area contributed by atoms with Crippen molar-refractivity contribution in [2.75, 3.05) is 18.8 Å². The van der Waals surface area contributed by atoms with Crippen LogP contribution < -0.4 is 0 Å². The quantitative estimate of drug-likeness (QED) is 0.858. The highest BCUT2D eigenvalue weighted by molar-refractivity contribution is 7.92. The van der Waals surface area contributed by atoms with Crippen molar-refractivity contribution < 1.29 is 8.42 Å². The Bertz CT molecular complexity index is 798. The van der Waals surface area contributed by atoms with E-state index in [1.807, 2.05) is 24.0 Å². The third-order valence-electron chi connectivity index (χ3n) is 4.54. The summed E-state index contributed by atoms with van der Waals surface area (Å²) in [6, 6.07) is 2.39. The number of hydrogen-bond acceptors (Lipinski definition) is 5. The lowest BCUT2D eigenvalue weighted by atomic mass is 10.2. The lowest BCUT2D eigenvalue weighted by Crippen LogP contribution is -2.26. The minimum Gasteiger partial charge on any atom is -0.298 e. The Morgan fingerprint density at radius 2 is 2.09 bits per heavy atom. The Labute approximate surface area is 137 Å². The van der Waals surface area contributed by atoms with Crippen LogP contribution >= 0.6 is 0 Å². The Morgan fingerprint density at radius 1 is 1.30 bits per heavy atom. The standard InChI is InChI=1S/C16H24N4O2S/c1-12(2)20-16-15(10-18-20)8-14(9-17-16)11-19-5-4-13(3)23(21,22)7-6-19/h8-10,12-13H,4-7,11H2,1-3H3. The minimum atomic E-state index is -2.93. The topological polar surface area (TPSA) is 68.1 Å². The first-order valence-electron chi connectivity index (χ1n) is 8.13. The SMILES string of the molecule is CC(C)n1ncc2cc(CN3CCC(C)S(=O)(=O)CC3)cnc21. The van der Waals surface area contributed by atoms with Crippen molar-refractivity contribution in [1.82, 2.24) is 19.7 Å². The smallest absolute Gasteiger partial charge is 0.157 e. The number of rotatable bonds is 3. The number of fused-ring (bicyclic) bond motifs is 1. The van der Waals surface area contributed by atoms with Gasteiger partial charge in [0, 0.05) is 30.7 Å². The minimum absolute atomic E-state index is 0.239. The van der Waals surface area contributed by atoms with E-state index in [2.05, 4.69) is 34.9 Å². The molecule has 0 bridgehead atoms. The molecule has 7 heteroatoms. The van der Waals surface area contributed by atoms with E-state index in [1.165, 1.54) is 0 Å². The molecule has 1 unspecified atom stereocenters. The van der Waals surface area contributed by atoms with E-state index in [-0.39, 0.29) is 17.0 Å². The van der Waals surface area contributed by atoms with Crippen molar-refractivity contribution in [3.05, 3.63) is 24.0 Å². The summed E-state index contributed by atoms with van der Waals surface area (Å²) in [5, 5.41) is 5.18. The van der Waals surface area contributed by atoms with Gasteiger partial charge in [-0.05, 0) is 45.4 Å². The number of hydrogen-bond donors (Lipinski definition) is 0. The van der Waals surface area contributed by atoms with Crippen LogP contribution in [0.3, 0.4) is 0 Å². The van der Waals surface area contributed by atoms with E-state index in [0.29, 0.717) is 13.0 Å². The van der Waals surface area contributed by atoms with Crippen LogP contribution in [0.5, 0.6) is 0 Å². The van der Waals surface area contributed by atoms with Gasteiger partial charge >= 0.3 is 0 Å². The molecule has 1 fully saturated rings. The van der Waals surface area contributed by atoms with Crippen LogP contribution in [0, 0.1) is 0 Å². The molecule has 0 aliphatic carbocycles. The molecule has 0 spiro atoms. The van der Waals surface area contributed by atoms with Crippen molar-refractivity contribution in [2.45, 2.75) is 45.0 Å². The predicted octanol–water partition coefficient (Wildman–Crippen LogP) is 2.02. The number of nitrogens with zero attached hydrogens (tertiary/aromatic N) is 4. The van der Waals surface area contributed by atoms with Crippen LogP contribution in [0.25, 0.3) is 11.0 Å². The molecule has 0 saturated carbocycles. The van der Waals surface area contributed by atoms with Crippen LogP contribution in [0.1, 0.15) is 38.8 Å². The molecule has 3 rings (SSSR count). The number of pyridine rings is 1. The summed E-state index contributed by atoms with van der Waals surface area (Å²) < 4.78 is 25.9. The largest absolute Gasteiger partial charge is 0.298 e. The van der Waals surface area contributed by atoms with Gasteiger partial charge in [0.15, 0.2) is 15.5 Å². The third kappa shape index (κ3) is 3.40. The average molecular weight is 336 g/mol. The van der Waals surface area contributed by atoms with Gasteiger partial charge in [0.25, 0.3) is 0 Å². The molecule has 23 heavy (non-hydrogen) atoms. The van der Waals surface area contributed by atoms with Crippen LogP contribution in [0.15, 0.2) is 18.5 Å². The fourth-order valence-electron chi connectivity index (χ4n) is 2.98. The van der Waals surface area contributed by atoms with Crippen molar-refractivity contribution >= 4 is 20.9 Å². The molecule has 126 valence electrons. The van der Waals surface area contributed by atoms with Gasteiger partial charge in [-0.15, -0.1) is 0 Å². The lowest BCUT2D eigenvalue weighted by molar-refractivity contribution is 0.283. The third-order valence-corrected chi connectivity index (χ3v) is 6.76. The summed E-state index contributed by atoms with van der Waals surface area (Å²) in [6.07, 6.45) is 4.43. The molecule has 0 radical (unpaired) electrons. The molecule has 3 heterocycles. The van der Waals surface area contributed by atoms with Gasteiger partial charge in [-0.1, -0.05) is 0 Å². The zero-order chi connectivity index (χ0) is 16.6. The first kappa shape index (κ1) is 16.4. The molecule has 1 aliphatic heterocycles. The van der Waals surface area contributed by atoms with Crippen LogP contribution in [0.4, 0.5) is 0 Å². The van der Waals surface area contributed by atoms with Gasteiger partial charge in [-0.25, -0.2) is 18.1 Å². The summed E-state index contributed by atoms with van der Waals surface area (Å²) in [5.74, 6) is 0.245. The second kappa shape index (κ2) is 6.20. The number of aromatic nitrogens is 3. The van der Waals surface area contributed by atoms with Gasteiger partial charge in [-0.3, -0.25) is 4.90 Å². The van der Waals surface area contributed by atoms with Crippen molar-refractivity contribution in [2.24, 2.45) is 0 Å². The molecule has 0 N–H and O–H groups in total. The fraction of sp³-hybridized carbons (Fsp3) is 0.625. The van der Waals surface area contributed by atoms with Crippen molar-refractivity contribution in [3.63, 3.8) is 0 Å². The van der Waals surface area contributed by atoms with Gasteiger partial charge in [0.05, 0.1) is 17.2 Å². The van der Waals surface area contributed by atoms with Gasteiger partial charge in [0.2, 0.25) is 0 Å². The summed E-state index contributed by atoms with van der Waals surface area (Å²) >= 11 is 0. The van der Waals surface area contributed by atoms with E-state index in [1.54, 1.807) is 0 Å². The Morgan fingerprint density at radius 3 is 2.83 bits per heavy atom. The maximum absolute atomic E-state index is 12.0. The molecule has 2 aromatic rings. The molecule has 0 aromatic carbocycles. The first-order chi connectivity index (χ1) is 10.9. The molecule has 1 aliphatic rings. The van der Waals surface area contributed by atoms with E-state index >= 15 is 0 Å². The fourth-order valence-corrected chi connectivity index (χ4v) is 4.36. The van der Waals surface area contributed by atoms with E-state index < -0.39 is 9.84 Å². The van der Waals surface area contributed by atoms with Crippen molar-refractivity contribution in [3.8, 4) is 0 Å². The zero-order valence-corrected chi connectivity index (χ0v) is 14.8. The second-order valence-electron chi connectivity index (χ2n) is 6.68. The molecule has 6 nitrogen and oxygen atoms in total. The predicted molar refractivity (Wildman–Crippen MR) is 91.1 cm³/mol. The van der Waals surface area contributed by atoms with Crippen LogP contribution in [-0.2, 0) is 16.4 Å². The second-order valence-corrected chi connectivity index (χ2v) is 9.22. The Balaban J connectivity index is 1.77. The average Bonchev–Trinajstić information content (AvgIpc) is 2.87. The van der Waals surface area contributed by atoms with E-state index in [4.69, 9.17) is 0 Å². The zero-order valence-electron chi connectivity index (χ0n) is 13.9. The van der Waals surface area contributed by atoms with Gasteiger partial charge < -0.3 is 0 Å². The maximum Gasteiger partial charge on any atom is 0.157 e. The first-order valence-corrected chi connectivity index (χ1v) is 9.84. The molecule has 0 amide bonds. The number of sulfone groups is 1. The summed E-state index contributed by atoms with van der Waals surface area (Å²) in [7, 11) is -2.93. The van der Waals surface area contributed by atoms with Crippen LogP contribution in [-0.4, -0.2) is 52.2 Å². The van der Waals surface area contributed by atoms with Gasteiger partial charge in [-0.2, -0.15) is 5.10 Å². The van der Waals surface area contributed by atoms with E-state index in [9.17, 15) is 8.42 Å². The molecular weight excluding hydrogens is 312 g/mol. The maximum atomic E-state index is 12.0. The highest BCUT2D eigenvalue weighted by atomic mass is 32.2. The summed E-state index contributed by atoms with van der Waals surface area (Å²) in [5.41, 5.74) is 2.00. The van der Waals surface area contributed by atoms with Crippen LogP contribution in [0.2, 0.25) is 0 Å². The highest BCUT2D eigenvalue weighted by Crippen LogP contribution is 2.19. The summed E-state index contributed by atoms with van der Waals surface area (Å²) in [4.78, 5) is 6.76. The van der Waals surface area contributed by atoms with Crippen molar-refractivity contribution in [1.29, 1.82) is 0 Å². The summed E-state index contributed by atoms with van der Waals surface area (Å²) in [6.45, 7) is 8.12. The van der Waals surface area contributed by atoms with Gasteiger partial charge in [0.1, 0.15) is 0 Å². The lowest BCUT2D eigenvalue weighted by Gasteiger charge is -2.19. The Hall–Kier alpha value is -1.47. The highest BCUT2D eigenvalue weighted by Gasteiger charge is 2.26. The molecular formula is C16H24N4O2S. The monoisotopic (exact) mass is 336 g/mol. The Kier molecular flexibility index (Phi) is 4.42. The molecule has 1 saturated heterocycles. The normalized spacial score (nSPS) is 22.5.